The zero-order valence-corrected chi connectivity index (χ0v) is 14.2. The van der Waals surface area contributed by atoms with Crippen molar-refractivity contribution in [3.63, 3.8) is 0 Å². The molecule has 2 rings (SSSR count). The summed E-state index contributed by atoms with van der Waals surface area (Å²) in [5.74, 6) is 0.148. The first-order valence-electron chi connectivity index (χ1n) is 7.07. The molecule has 5 nitrogen and oxygen atoms in total. The molecule has 0 bridgehead atoms. The molecule has 0 aromatic carbocycles. The summed E-state index contributed by atoms with van der Waals surface area (Å²) in [6.45, 7) is 5.89. The van der Waals surface area contributed by atoms with E-state index in [9.17, 15) is 4.79 Å². The molecule has 118 valence electrons. The maximum absolute atomic E-state index is 11.9. The average molecular weight is 330 g/mol. The summed E-state index contributed by atoms with van der Waals surface area (Å²) in [6.07, 6.45) is 3.30. The van der Waals surface area contributed by atoms with E-state index < -0.39 is 0 Å². The van der Waals surface area contributed by atoms with E-state index in [-0.39, 0.29) is 12.1 Å². The van der Waals surface area contributed by atoms with Gasteiger partial charge in [0.05, 0.1) is 23.3 Å². The van der Waals surface area contributed by atoms with E-state index in [2.05, 4.69) is 12.2 Å². The smallest absolute Gasteiger partial charge is 0.350 e. The van der Waals surface area contributed by atoms with Crippen LogP contribution in [-0.2, 0) is 9.47 Å². The number of nitrogens with one attached hydrogen (secondary N) is 1. The Hall–Kier alpha value is -0.920. The number of nitrogen functional groups attached to an aromatic ring is 1. The molecule has 1 aliphatic heterocycles. The number of carbonyl (C=O) groups excluding carboxylic acids is 1. The first-order chi connectivity index (χ1) is 10.1. The van der Waals surface area contributed by atoms with E-state index in [4.69, 9.17) is 15.2 Å². The standard InChI is InChI=1S/C14H22N2O3S2/c1-4-18-14(17)12-10(15)11(20-3)13(21-12)16-7-9-5-6-19-8(9)2/h8-9,16H,4-7,15H2,1-3H3. The van der Waals surface area contributed by atoms with Gasteiger partial charge in [-0.05, 0) is 26.5 Å². The minimum Gasteiger partial charge on any atom is -0.462 e. The van der Waals surface area contributed by atoms with Crippen LogP contribution in [0.4, 0.5) is 10.7 Å². The minimum absolute atomic E-state index is 0.275. The van der Waals surface area contributed by atoms with Gasteiger partial charge in [0, 0.05) is 19.1 Å². The Morgan fingerprint density at radius 3 is 2.95 bits per heavy atom. The highest BCUT2D eigenvalue weighted by molar-refractivity contribution is 7.99. The van der Waals surface area contributed by atoms with Crippen LogP contribution in [0.3, 0.4) is 0 Å². The third-order valence-corrected chi connectivity index (χ3v) is 5.73. The predicted molar refractivity (Wildman–Crippen MR) is 88.5 cm³/mol. The summed E-state index contributed by atoms with van der Waals surface area (Å²) in [7, 11) is 0. The highest BCUT2D eigenvalue weighted by Gasteiger charge is 2.26. The van der Waals surface area contributed by atoms with Gasteiger partial charge in [0.25, 0.3) is 0 Å². The number of nitrogens with two attached hydrogens (primary N) is 1. The molecule has 21 heavy (non-hydrogen) atoms. The van der Waals surface area contributed by atoms with Crippen LogP contribution in [0.25, 0.3) is 0 Å². The van der Waals surface area contributed by atoms with Gasteiger partial charge in [-0.3, -0.25) is 0 Å². The van der Waals surface area contributed by atoms with Crippen molar-refractivity contribution < 1.29 is 14.3 Å². The maximum atomic E-state index is 11.9. The number of esters is 1. The molecule has 0 radical (unpaired) electrons. The molecule has 7 heteroatoms. The van der Waals surface area contributed by atoms with Crippen molar-refractivity contribution in [1.82, 2.24) is 0 Å². The van der Waals surface area contributed by atoms with Crippen LogP contribution in [0.15, 0.2) is 4.90 Å². The number of thiophene rings is 1. The lowest BCUT2D eigenvalue weighted by Gasteiger charge is -2.15. The molecule has 0 amide bonds. The van der Waals surface area contributed by atoms with E-state index in [1.54, 1.807) is 18.7 Å². The van der Waals surface area contributed by atoms with Crippen molar-refractivity contribution in [3.05, 3.63) is 4.88 Å². The van der Waals surface area contributed by atoms with Crippen LogP contribution in [0.1, 0.15) is 29.9 Å². The second kappa shape index (κ2) is 7.38. The highest BCUT2D eigenvalue weighted by Crippen LogP contribution is 2.42. The fraction of sp³-hybridized carbons (Fsp3) is 0.643. The summed E-state index contributed by atoms with van der Waals surface area (Å²) >= 11 is 2.92. The zero-order chi connectivity index (χ0) is 15.4. The molecule has 3 N–H and O–H groups in total. The largest absolute Gasteiger partial charge is 0.462 e. The minimum atomic E-state index is -0.346. The van der Waals surface area contributed by atoms with Gasteiger partial charge < -0.3 is 20.5 Å². The molecule has 2 unspecified atom stereocenters. The van der Waals surface area contributed by atoms with E-state index in [1.807, 2.05) is 6.26 Å². The monoisotopic (exact) mass is 330 g/mol. The van der Waals surface area contributed by atoms with Crippen LogP contribution in [0.2, 0.25) is 0 Å². The lowest BCUT2D eigenvalue weighted by Crippen LogP contribution is -2.20. The third-order valence-electron chi connectivity index (χ3n) is 3.62. The normalized spacial score (nSPS) is 21.5. The summed E-state index contributed by atoms with van der Waals surface area (Å²) in [4.78, 5) is 13.3. The molecule has 1 aromatic heterocycles. The summed E-state index contributed by atoms with van der Waals surface area (Å²) in [6, 6.07) is 0. The van der Waals surface area contributed by atoms with Gasteiger partial charge in [-0.25, -0.2) is 4.79 Å². The second-order valence-electron chi connectivity index (χ2n) is 4.93. The molecule has 2 heterocycles. The van der Waals surface area contributed by atoms with Crippen molar-refractivity contribution in [2.45, 2.75) is 31.3 Å². The van der Waals surface area contributed by atoms with Crippen LogP contribution in [0, 0.1) is 5.92 Å². The fourth-order valence-corrected chi connectivity index (χ4v) is 4.30. The SMILES string of the molecule is CCOC(=O)c1sc(NCC2CCOC2C)c(SC)c1N. The summed E-state index contributed by atoms with van der Waals surface area (Å²) < 4.78 is 10.6. The van der Waals surface area contributed by atoms with Gasteiger partial charge in [-0.2, -0.15) is 0 Å². The first-order valence-corrected chi connectivity index (χ1v) is 9.11. The van der Waals surface area contributed by atoms with Crippen molar-refractivity contribution in [1.29, 1.82) is 0 Å². The average Bonchev–Trinajstić information content (AvgIpc) is 3.00. The van der Waals surface area contributed by atoms with Gasteiger partial charge in [-0.15, -0.1) is 23.1 Å². The topological polar surface area (TPSA) is 73.6 Å². The van der Waals surface area contributed by atoms with Crippen molar-refractivity contribution >= 4 is 39.8 Å². The molecule has 1 aliphatic rings. The molecule has 2 atom stereocenters. The molecule has 1 aromatic rings. The van der Waals surface area contributed by atoms with E-state index in [0.717, 1.165) is 29.5 Å². The van der Waals surface area contributed by atoms with Gasteiger partial charge in [-0.1, -0.05) is 0 Å². The van der Waals surface area contributed by atoms with E-state index in [0.29, 0.717) is 23.1 Å². The Balaban J connectivity index is 2.11. The lowest BCUT2D eigenvalue weighted by molar-refractivity contribution is 0.0533. The maximum Gasteiger partial charge on any atom is 0.350 e. The third kappa shape index (κ3) is 3.64. The van der Waals surface area contributed by atoms with Gasteiger partial charge in [0.1, 0.15) is 9.88 Å². The van der Waals surface area contributed by atoms with Crippen molar-refractivity contribution in [3.8, 4) is 0 Å². The van der Waals surface area contributed by atoms with Crippen LogP contribution >= 0.6 is 23.1 Å². The number of hydrogen-bond donors (Lipinski definition) is 2. The molecule has 1 fully saturated rings. The van der Waals surface area contributed by atoms with Crippen molar-refractivity contribution in [2.24, 2.45) is 5.92 Å². The highest BCUT2D eigenvalue weighted by atomic mass is 32.2. The van der Waals surface area contributed by atoms with Crippen LogP contribution < -0.4 is 11.1 Å². The van der Waals surface area contributed by atoms with Crippen molar-refractivity contribution in [2.75, 3.05) is 37.1 Å². The molecule has 0 saturated carbocycles. The lowest BCUT2D eigenvalue weighted by atomic mass is 10.0. The van der Waals surface area contributed by atoms with Gasteiger partial charge in [0.15, 0.2) is 0 Å². The van der Waals surface area contributed by atoms with E-state index in [1.165, 1.54) is 11.3 Å². The second-order valence-corrected chi connectivity index (χ2v) is 6.77. The Bertz CT molecular complexity index is 505. The number of thioether (sulfide) groups is 1. The Labute approximate surface area is 133 Å². The molecule has 1 saturated heterocycles. The number of hydrogen-bond acceptors (Lipinski definition) is 7. The van der Waals surface area contributed by atoms with Gasteiger partial charge in [0.2, 0.25) is 0 Å². The summed E-state index contributed by atoms with van der Waals surface area (Å²) in [5, 5.41) is 4.37. The number of rotatable bonds is 6. The van der Waals surface area contributed by atoms with E-state index >= 15 is 0 Å². The fourth-order valence-electron chi connectivity index (χ4n) is 2.36. The Morgan fingerprint density at radius 1 is 1.62 bits per heavy atom. The Kier molecular flexibility index (Phi) is 5.78. The first kappa shape index (κ1) is 16.5. The molecule has 0 spiro atoms. The Morgan fingerprint density at radius 2 is 2.38 bits per heavy atom. The zero-order valence-electron chi connectivity index (χ0n) is 12.6. The predicted octanol–water partition coefficient (Wildman–Crippen LogP) is 3.07. The van der Waals surface area contributed by atoms with Crippen LogP contribution in [0.5, 0.6) is 0 Å². The molecular weight excluding hydrogens is 308 g/mol. The number of carbonyl (C=O) groups is 1. The molecular formula is C14H22N2O3S2. The summed E-state index contributed by atoms with van der Waals surface area (Å²) in [5.41, 5.74) is 6.60. The van der Waals surface area contributed by atoms with Crippen LogP contribution in [-0.4, -0.2) is 38.1 Å². The number of ether oxygens (including phenoxy) is 2. The number of anilines is 2. The van der Waals surface area contributed by atoms with Gasteiger partial charge >= 0.3 is 5.97 Å². The quantitative estimate of drug-likeness (QED) is 0.617. The molecule has 0 aliphatic carbocycles.